The predicted octanol–water partition coefficient (Wildman–Crippen LogP) is 1.20. The summed E-state index contributed by atoms with van der Waals surface area (Å²) in [6.07, 6.45) is 7.73. The molecule has 9 heteroatoms. The van der Waals surface area contributed by atoms with Gasteiger partial charge in [0, 0.05) is 12.4 Å². The van der Waals surface area contributed by atoms with Crippen molar-refractivity contribution in [2.75, 3.05) is 10.6 Å². The molecule has 1 amide bonds. The first-order chi connectivity index (χ1) is 12.4. The number of hydrogen-bond donors (Lipinski definition) is 1. The van der Waals surface area contributed by atoms with Gasteiger partial charge >= 0.3 is 0 Å². The molecule has 1 aromatic carbocycles. The SMILES string of the molecule is CC(C(=O)NCc1cnc2cnccn12)N(c1ccccc1)S(C)(=O)=O. The molecule has 1 atom stereocenters. The Balaban J connectivity index is 1.77. The van der Waals surface area contributed by atoms with E-state index in [4.69, 9.17) is 0 Å². The zero-order valence-corrected chi connectivity index (χ0v) is 15.2. The second-order valence-corrected chi connectivity index (χ2v) is 7.70. The van der Waals surface area contributed by atoms with E-state index < -0.39 is 22.0 Å². The summed E-state index contributed by atoms with van der Waals surface area (Å²) in [7, 11) is -3.62. The van der Waals surface area contributed by atoms with E-state index in [1.54, 1.807) is 62.0 Å². The quantitative estimate of drug-likeness (QED) is 0.700. The van der Waals surface area contributed by atoms with Crippen molar-refractivity contribution in [1.29, 1.82) is 0 Å². The molecule has 0 fully saturated rings. The fourth-order valence-electron chi connectivity index (χ4n) is 2.73. The van der Waals surface area contributed by atoms with Gasteiger partial charge in [0.2, 0.25) is 15.9 Å². The van der Waals surface area contributed by atoms with Crippen molar-refractivity contribution in [2.45, 2.75) is 19.5 Å². The molecule has 26 heavy (non-hydrogen) atoms. The van der Waals surface area contributed by atoms with Crippen LogP contribution in [0.5, 0.6) is 0 Å². The van der Waals surface area contributed by atoms with E-state index in [1.807, 2.05) is 4.40 Å². The van der Waals surface area contributed by atoms with Crippen LogP contribution >= 0.6 is 0 Å². The second-order valence-electron chi connectivity index (χ2n) is 5.84. The van der Waals surface area contributed by atoms with Crippen molar-refractivity contribution in [3.8, 4) is 0 Å². The highest BCUT2D eigenvalue weighted by Gasteiger charge is 2.28. The normalized spacial score (nSPS) is 12.7. The summed E-state index contributed by atoms with van der Waals surface area (Å²) >= 11 is 0. The number of carbonyl (C=O) groups excluding carboxylic acids is 1. The summed E-state index contributed by atoms with van der Waals surface area (Å²) in [4.78, 5) is 20.8. The van der Waals surface area contributed by atoms with Gasteiger partial charge in [0.25, 0.3) is 0 Å². The monoisotopic (exact) mass is 373 g/mol. The number of benzene rings is 1. The van der Waals surface area contributed by atoms with Crippen molar-refractivity contribution < 1.29 is 13.2 Å². The zero-order chi connectivity index (χ0) is 18.7. The van der Waals surface area contributed by atoms with Gasteiger partial charge in [-0.05, 0) is 19.1 Å². The van der Waals surface area contributed by atoms with E-state index in [-0.39, 0.29) is 6.54 Å². The molecule has 0 spiro atoms. The highest BCUT2D eigenvalue weighted by Crippen LogP contribution is 2.20. The number of imidazole rings is 1. The number of rotatable bonds is 6. The molecule has 2 heterocycles. The zero-order valence-electron chi connectivity index (χ0n) is 14.4. The molecule has 0 aliphatic carbocycles. The van der Waals surface area contributed by atoms with Crippen LogP contribution in [0, 0.1) is 0 Å². The third kappa shape index (κ3) is 3.67. The van der Waals surface area contributed by atoms with Gasteiger partial charge in [-0.15, -0.1) is 0 Å². The molecular weight excluding hydrogens is 354 g/mol. The van der Waals surface area contributed by atoms with Gasteiger partial charge in [-0.2, -0.15) is 0 Å². The largest absolute Gasteiger partial charge is 0.349 e. The fourth-order valence-corrected chi connectivity index (χ4v) is 3.91. The number of hydrogen-bond acceptors (Lipinski definition) is 5. The van der Waals surface area contributed by atoms with E-state index >= 15 is 0 Å². The molecule has 8 nitrogen and oxygen atoms in total. The summed E-state index contributed by atoms with van der Waals surface area (Å²) in [5.41, 5.74) is 1.89. The molecule has 1 N–H and O–H groups in total. The van der Waals surface area contributed by atoms with E-state index in [9.17, 15) is 13.2 Å². The minimum absolute atomic E-state index is 0.223. The van der Waals surface area contributed by atoms with E-state index in [0.29, 0.717) is 11.3 Å². The van der Waals surface area contributed by atoms with Gasteiger partial charge in [-0.25, -0.2) is 13.4 Å². The Morgan fingerprint density at radius 2 is 2.00 bits per heavy atom. The van der Waals surface area contributed by atoms with Crippen LogP contribution in [0.15, 0.2) is 55.1 Å². The number of aromatic nitrogens is 3. The maximum Gasteiger partial charge on any atom is 0.243 e. The lowest BCUT2D eigenvalue weighted by Crippen LogP contribution is -2.47. The number of nitrogens with zero attached hydrogens (tertiary/aromatic N) is 4. The molecule has 0 aliphatic rings. The summed E-state index contributed by atoms with van der Waals surface area (Å²) in [6.45, 7) is 1.78. The smallest absolute Gasteiger partial charge is 0.243 e. The Morgan fingerprint density at radius 3 is 2.69 bits per heavy atom. The van der Waals surface area contributed by atoms with Crippen LogP contribution in [0.25, 0.3) is 5.65 Å². The molecule has 0 saturated carbocycles. The Hall–Kier alpha value is -2.94. The molecular formula is C17H19N5O3S. The molecule has 3 rings (SSSR count). The van der Waals surface area contributed by atoms with Gasteiger partial charge < -0.3 is 5.32 Å². The van der Waals surface area contributed by atoms with E-state index in [0.717, 1.165) is 16.3 Å². The van der Waals surface area contributed by atoms with Gasteiger partial charge in [-0.3, -0.25) is 18.5 Å². The molecule has 3 aromatic rings. The molecule has 0 aliphatic heterocycles. The number of sulfonamides is 1. The lowest BCUT2D eigenvalue weighted by Gasteiger charge is -2.28. The Morgan fingerprint density at radius 1 is 1.27 bits per heavy atom. The molecule has 0 saturated heterocycles. The van der Waals surface area contributed by atoms with Crippen molar-refractivity contribution in [3.05, 3.63) is 60.8 Å². The van der Waals surface area contributed by atoms with Crippen molar-refractivity contribution >= 4 is 27.3 Å². The van der Waals surface area contributed by atoms with Crippen molar-refractivity contribution in [3.63, 3.8) is 0 Å². The van der Waals surface area contributed by atoms with Crippen molar-refractivity contribution in [2.24, 2.45) is 0 Å². The van der Waals surface area contributed by atoms with Gasteiger partial charge in [0.1, 0.15) is 6.04 Å². The lowest BCUT2D eigenvalue weighted by molar-refractivity contribution is -0.122. The first-order valence-corrected chi connectivity index (χ1v) is 9.81. The number of para-hydroxylation sites is 1. The molecule has 0 radical (unpaired) electrons. The highest BCUT2D eigenvalue weighted by molar-refractivity contribution is 7.92. The predicted molar refractivity (Wildman–Crippen MR) is 98.1 cm³/mol. The first-order valence-electron chi connectivity index (χ1n) is 7.96. The van der Waals surface area contributed by atoms with Crippen LogP contribution in [0.2, 0.25) is 0 Å². The molecule has 2 aromatic heterocycles. The van der Waals surface area contributed by atoms with Crippen LogP contribution in [-0.4, -0.2) is 41.0 Å². The molecule has 1 unspecified atom stereocenters. The maximum absolute atomic E-state index is 12.6. The number of nitrogens with one attached hydrogen (secondary N) is 1. The summed E-state index contributed by atoms with van der Waals surface area (Å²) in [5, 5.41) is 2.77. The maximum atomic E-state index is 12.6. The minimum Gasteiger partial charge on any atom is -0.349 e. The Bertz CT molecular complexity index is 1020. The number of amides is 1. The van der Waals surface area contributed by atoms with Gasteiger partial charge in [0.05, 0.1) is 36.6 Å². The number of anilines is 1. The third-order valence-corrected chi connectivity index (χ3v) is 5.18. The van der Waals surface area contributed by atoms with Gasteiger partial charge in [0.15, 0.2) is 5.65 Å². The van der Waals surface area contributed by atoms with E-state index in [2.05, 4.69) is 15.3 Å². The first kappa shape index (κ1) is 17.9. The van der Waals surface area contributed by atoms with Crippen molar-refractivity contribution in [1.82, 2.24) is 19.7 Å². The number of fused-ring (bicyclic) bond motifs is 1. The summed E-state index contributed by atoms with van der Waals surface area (Å²) in [5.74, 6) is -0.400. The van der Waals surface area contributed by atoms with Gasteiger partial charge in [-0.1, -0.05) is 18.2 Å². The van der Waals surface area contributed by atoms with Crippen LogP contribution in [-0.2, 0) is 21.4 Å². The average Bonchev–Trinajstić information content (AvgIpc) is 3.02. The molecule has 136 valence electrons. The third-order valence-electron chi connectivity index (χ3n) is 3.94. The lowest BCUT2D eigenvalue weighted by atomic mass is 10.2. The fraction of sp³-hybridized carbons (Fsp3) is 0.235. The van der Waals surface area contributed by atoms with E-state index in [1.165, 1.54) is 0 Å². The van der Waals surface area contributed by atoms with Crippen LogP contribution in [0.1, 0.15) is 12.6 Å². The Kier molecular flexibility index (Phi) is 4.90. The van der Waals surface area contributed by atoms with Crippen LogP contribution < -0.4 is 9.62 Å². The highest BCUT2D eigenvalue weighted by atomic mass is 32.2. The van der Waals surface area contributed by atoms with Crippen LogP contribution in [0.4, 0.5) is 5.69 Å². The summed E-state index contributed by atoms with van der Waals surface area (Å²) in [6, 6.07) is 7.65. The second kappa shape index (κ2) is 7.12. The summed E-state index contributed by atoms with van der Waals surface area (Å²) < 4.78 is 27.3. The topological polar surface area (TPSA) is 96.7 Å². The Labute approximate surface area is 151 Å². The van der Waals surface area contributed by atoms with Crippen LogP contribution in [0.3, 0.4) is 0 Å². The minimum atomic E-state index is -3.62. The molecule has 0 bridgehead atoms. The average molecular weight is 373 g/mol. The number of carbonyl (C=O) groups is 1. The standard InChI is InChI=1S/C17H19N5O3S/c1-13(22(26(2,24)25)14-6-4-3-5-7-14)17(23)20-11-15-10-19-16-12-18-8-9-21(15)16/h3-10,12-13H,11H2,1-2H3,(H,20,23).